The van der Waals surface area contributed by atoms with Crippen LogP contribution in [0.3, 0.4) is 0 Å². The molecule has 0 radical (unpaired) electrons. The molecule has 4 rings (SSSR count). The Hall–Kier alpha value is -3.75. The smallest absolute Gasteiger partial charge is 0.250 e. The summed E-state index contributed by atoms with van der Waals surface area (Å²) in [6, 6.07) is 14.2. The van der Waals surface area contributed by atoms with E-state index in [1.165, 1.54) is 4.80 Å². The molecule has 1 aliphatic rings. The summed E-state index contributed by atoms with van der Waals surface area (Å²) in [6.45, 7) is 1.75. The minimum Gasteiger partial charge on any atom is -0.497 e. The van der Waals surface area contributed by atoms with Gasteiger partial charge in [0.1, 0.15) is 12.3 Å². The summed E-state index contributed by atoms with van der Waals surface area (Å²) in [5.74, 6) is 0.732. The molecule has 1 atom stereocenters. The maximum atomic E-state index is 13.1. The van der Waals surface area contributed by atoms with E-state index in [2.05, 4.69) is 20.7 Å². The number of hydrogen-bond acceptors (Lipinski definition) is 6. The first kappa shape index (κ1) is 18.6. The number of amides is 2. The third-order valence-electron chi connectivity index (χ3n) is 4.69. The average Bonchev–Trinajstić information content (AvgIpc) is 3.12. The molecule has 0 bridgehead atoms. The highest BCUT2D eigenvalue weighted by molar-refractivity contribution is 6.04. The van der Waals surface area contributed by atoms with Crippen LogP contribution < -0.4 is 15.0 Å². The number of aromatic nitrogens is 4. The lowest BCUT2D eigenvalue weighted by Gasteiger charge is -2.27. The van der Waals surface area contributed by atoms with Crippen LogP contribution in [0.15, 0.2) is 48.5 Å². The van der Waals surface area contributed by atoms with Crippen molar-refractivity contribution in [3.8, 4) is 17.1 Å². The number of fused-ring (bicyclic) bond motifs is 1. The van der Waals surface area contributed by atoms with Gasteiger partial charge in [-0.25, -0.2) is 0 Å². The number of ether oxygens (including phenoxy) is 1. The SMILES string of the molecule is COc1cccc(-c2nnn(CC(=O)N3c4ccccc4NC(=O)C[C@@H]3C)n2)c1. The first-order chi connectivity index (χ1) is 14.0. The van der Waals surface area contributed by atoms with E-state index in [1.807, 2.05) is 43.3 Å². The molecule has 0 fully saturated rings. The molecule has 0 unspecified atom stereocenters. The monoisotopic (exact) mass is 392 g/mol. The lowest BCUT2D eigenvalue weighted by molar-refractivity contribution is -0.120. The predicted molar refractivity (Wildman–Crippen MR) is 106 cm³/mol. The van der Waals surface area contributed by atoms with E-state index in [-0.39, 0.29) is 30.8 Å². The van der Waals surface area contributed by atoms with Gasteiger partial charge in [0, 0.05) is 18.0 Å². The number of hydrogen-bond donors (Lipinski definition) is 1. The summed E-state index contributed by atoms with van der Waals surface area (Å²) in [6.07, 6.45) is 0.209. The molecule has 2 amide bonds. The number of benzene rings is 2. The van der Waals surface area contributed by atoms with Gasteiger partial charge in [-0.1, -0.05) is 24.3 Å². The van der Waals surface area contributed by atoms with E-state index in [9.17, 15) is 9.59 Å². The van der Waals surface area contributed by atoms with E-state index >= 15 is 0 Å². The van der Waals surface area contributed by atoms with Crippen LogP contribution in [0.2, 0.25) is 0 Å². The zero-order chi connectivity index (χ0) is 20.4. The number of tetrazole rings is 1. The minimum absolute atomic E-state index is 0.0934. The Morgan fingerprint density at radius 2 is 2.07 bits per heavy atom. The fourth-order valence-electron chi connectivity index (χ4n) is 3.35. The van der Waals surface area contributed by atoms with Crippen molar-refractivity contribution in [1.29, 1.82) is 0 Å². The highest BCUT2D eigenvalue weighted by atomic mass is 16.5. The standard InChI is InChI=1S/C20H20N6O3/c1-13-10-18(27)21-16-8-3-4-9-17(16)26(13)19(28)12-25-23-20(22-24-25)14-6-5-7-15(11-14)29-2/h3-9,11,13H,10,12H2,1-2H3,(H,21,27)/t13-/m0/s1. The Kier molecular flexibility index (Phi) is 4.94. The van der Waals surface area contributed by atoms with Crippen LogP contribution in [-0.2, 0) is 16.1 Å². The van der Waals surface area contributed by atoms with Gasteiger partial charge in [-0.05, 0) is 36.4 Å². The van der Waals surface area contributed by atoms with Gasteiger partial charge >= 0.3 is 0 Å². The van der Waals surface area contributed by atoms with Gasteiger partial charge < -0.3 is 15.0 Å². The van der Waals surface area contributed by atoms with E-state index < -0.39 is 0 Å². The minimum atomic E-state index is -0.299. The molecule has 148 valence electrons. The van der Waals surface area contributed by atoms with E-state index in [4.69, 9.17) is 4.74 Å². The Morgan fingerprint density at radius 1 is 1.24 bits per heavy atom. The maximum absolute atomic E-state index is 13.1. The molecule has 29 heavy (non-hydrogen) atoms. The van der Waals surface area contributed by atoms with Crippen LogP contribution >= 0.6 is 0 Å². The molecule has 2 aromatic carbocycles. The van der Waals surface area contributed by atoms with Crippen LogP contribution in [0.1, 0.15) is 13.3 Å². The molecule has 0 saturated carbocycles. The average molecular weight is 392 g/mol. The van der Waals surface area contributed by atoms with Crippen molar-refractivity contribution in [2.75, 3.05) is 17.3 Å². The zero-order valence-electron chi connectivity index (χ0n) is 16.1. The van der Waals surface area contributed by atoms with Crippen molar-refractivity contribution in [3.63, 3.8) is 0 Å². The van der Waals surface area contributed by atoms with Crippen LogP contribution in [0.5, 0.6) is 5.75 Å². The topological polar surface area (TPSA) is 102 Å². The Balaban J connectivity index is 1.58. The molecule has 2 heterocycles. The van der Waals surface area contributed by atoms with Gasteiger partial charge in [-0.15, -0.1) is 10.2 Å². The van der Waals surface area contributed by atoms with E-state index in [1.54, 1.807) is 24.1 Å². The summed E-state index contributed by atoms with van der Waals surface area (Å²) >= 11 is 0. The first-order valence-corrected chi connectivity index (χ1v) is 9.18. The second-order valence-corrected chi connectivity index (χ2v) is 6.76. The first-order valence-electron chi connectivity index (χ1n) is 9.18. The van der Waals surface area contributed by atoms with E-state index in [0.717, 1.165) is 5.56 Å². The summed E-state index contributed by atoms with van der Waals surface area (Å²) in [4.78, 5) is 28.0. The summed E-state index contributed by atoms with van der Waals surface area (Å²) in [5.41, 5.74) is 2.01. The predicted octanol–water partition coefficient (Wildman–Crippen LogP) is 2.11. The summed E-state index contributed by atoms with van der Waals surface area (Å²) in [5, 5.41) is 15.2. The van der Waals surface area contributed by atoms with Gasteiger partial charge in [0.15, 0.2) is 0 Å². The molecule has 1 aliphatic heterocycles. The Bertz CT molecular complexity index is 1060. The van der Waals surface area contributed by atoms with Crippen LogP contribution in [-0.4, -0.2) is 45.2 Å². The fourth-order valence-corrected chi connectivity index (χ4v) is 3.35. The number of carbonyl (C=O) groups is 2. The maximum Gasteiger partial charge on any atom is 0.250 e. The van der Waals surface area contributed by atoms with Crippen molar-refractivity contribution in [2.45, 2.75) is 25.9 Å². The number of carbonyl (C=O) groups excluding carboxylic acids is 2. The Labute approximate surface area is 167 Å². The third-order valence-corrected chi connectivity index (χ3v) is 4.69. The fraction of sp³-hybridized carbons (Fsp3) is 0.250. The zero-order valence-corrected chi connectivity index (χ0v) is 16.1. The molecular formula is C20H20N6O3. The third kappa shape index (κ3) is 3.79. The molecule has 9 nitrogen and oxygen atoms in total. The second kappa shape index (κ2) is 7.70. The van der Waals surface area contributed by atoms with Gasteiger partial charge in [0.25, 0.3) is 5.91 Å². The molecule has 0 saturated heterocycles. The van der Waals surface area contributed by atoms with Gasteiger partial charge in [0.2, 0.25) is 11.7 Å². The lowest BCUT2D eigenvalue weighted by Crippen LogP contribution is -2.41. The molecule has 0 aliphatic carbocycles. The van der Waals surface area contributed by atoms with Crippen molar-refractivity contribution >= 4 is 23.2 Å². The van der Waals surface area contributed by atoms with Gasteiger partial charge in [-0.2, -0.15) is 4.80 Å². The largest absolute Gasteiger partial charge is 0.497 e. The highest BCUT2D eigenvalue weighted by Crippen LogP contribution is 2.31. The number of para-hydroxylation sites is 2. The molecule has 9 heteroatoms. The molecule has 0 spiro atoms. The Morgan fingerprint density at radius 3 is 2.90 bits per heavy atom. The molecular weight excluding hydrogens is 372 g/mol. The van der Waals surface area contributed by atoms with Crippen molar-refractivity contribution in [2.24, 2.45) is 0 Å². The number of rotatable bonds is 4. The van der Waals surface area contributed by atoms with Crippen molar-refractivity contribution in [3.05, 3.63) is 48.5 Å². The van der Waals surface area contributed by atoms with Crippen LogP contribution in [0, 0.1) is 0 Å². The molecule has 1 aromatic heterocycles. The highest BCUT2D eigenvalue weighted by Gasteiger charge is 2.30. The quantitative estimate of drug-likeness (QED) is 0.730. The van der Waals surface area contributed by atoms with Crippen LogP contribution in [0.25, 0.3) is 11.4 Å². The summed E-state index contributed by atoms with van der Waals surface area (Å²) < 4.78 is 5.22. The van der Waals surface area contributed by atoms with E-state index in [0.29, 0.717) is 22.9 Å². The number of methoxy groups -OCH3 is 1. The lowest BCUT2D eigenvalue weighted by atomic mass is 10.1. The second-order valence-electron chi connectivity index (χ2n) is 6.76. The number of anilines is 2. The molecule has 1 N–H and O–H groups in total. The van der Waals surface area contributed by atoms with Gasteiger partial charge in [0.05, 0.1) is 18.5 Å². The number of nitrogens with zero attached hydrogens (tertiary/aromatic N) is 5. The van der Waals surface area contributed by atoms with Crippen molar-refractivity contribution in [1.82, 2.24) is 20.2 Å². The number of nitrogens with one attached hydrogen (secondary N) is 1. The normalized spacial score (nSPS) is 16.0. The van der Waals surface area contributed by atoms with Crippen molar-refractivity contribution < 1.29 is 14.3 Å². The molecule has 3 aromatic rings. The van der Waals surface area contributed by atoms with Gasteiger partial charge in [-0.3, -0.25) is 9.59 Å². The van der Waals surface area contributed by atoms with Crippen LogP contribution in [0.4, 0.5) is 11.4 Å². The summed E-state index contributed by atoms with van der Waals surface area (Å²) in [7, 11) is 1.59.